The third-order valence-electron chi connectivity index (χ3n) is 1.56. The summed E-state index contributed by atoms with van der Waals surface area (Å²) in [5.41, 5.74) is 0. The van der Waals surface area contributed by atoms with Crippen molar-refractivity contribution < 1.29 is 4.74 Å². The van der Waals surface area contributed by atoms with Gasteiger partial charge >= 0.3 is 0 Å². The van der Waals surface area contributed by atoms with E-state index in [2.05, 4.69) is 18.1 Å². The normalized spacial score (nSPS) is 19.3. The van der Waals surface area contributed by atoms with Crippen LogP contribution in [0.1, 0.15) is 12.8 Å². The first-order valence-corrected chi connectivity index (χ1v) is 3.28. The average Bonchev–Trinajstić information content (AvgIpc) is 1.88. The SMILES string of the molecule is COC1=CN(C)CCC1. The van der Waals surface area contributed by atoms with Crippen molar-refractivity contribution in [1.29, 1.82) is 0 Å². The zero-order valence-corrected chi connectivity index (χ0v) is 6.05. The molecule has 1 aliphatic rings. The number of hydrogen-bond acceptors (Lipinski definition) is 2. The van der Waals surface area contributed by atoms with Gasteiger partial charge in [0.05, 0.1) is 7.11 Å². The van der Waals surface area contributed by atoms with Crippen molar-refractivity contribution in [3.8, 4) is 0 Å². The minimum Gasteiger partial charge on any atom is -0.500 e. The van der Waals surface area contributed by atoms with Crippen LogP contribution in [0.25, 0.3) is 0 Å². The predicted molar refractivity (Wildman–Crippen MR) is 37.0 cm³/mol. The van der Waals surface area contributed by atoms with E-state index in [0.29, 0.717) is 0 Å². The molecule has 0 aromatic carbocycles. The maximum atomic E-state index is 5.08. The highest BCUT2D eigenvalue weighted by molar-refractivity contribution is 4.95. The van der Waals surface area contributed by atoms with Crippen LogP contribution in [-0.2, 0) is 4.74 Å². The van der Waals surface area contributed by atoms with Gasteiger partial charge in [-0.15, -0.1) is 0 Å². The fourth-order valence-electron chi connectivity index (χ4n) is 1.03. The second-order valence-electron chi connectivity index (χ2n) is 2.38. The van der Waals surface area contributed by atoms with E-state index in [1.807, 2.05) is 0 Å². The van der Waals surface area contributed by atoms with Crippen LogP contribution < -0.4 is 0 Å². The molecule has 0 bridgehead atoms. The third-order valence-corrected chi connectivity index (χ3v) is 1.56. The van der Waals surface area contributed by atoms with Gasteiger partial charge in [-0.25, -0.2) is 0 Å². The summed E-state index contributed by atoms with van der Waals surface area (Å²) < 4.78 is 5.08. The van der Waals surface area contributed by atoms with Crippen LogP contribution in [0, 0.1) is 0 Å². The van der Waals surface area contributed by atoms with Crippen molar-refractivity contribution in [1.82, 2.24) is 4.90 Å². The Kier molecular flexibility index (Phi) is 1.98. The van der Waals surface area contributed by atoms with Gasteiger partial charge in [-0.05, 0) is 6.42 Å². The minimum atomic E-state index is 1.10. The van der Waals surface area contributed by atoms with Gasteiger partial charge in [-0.2, -0.15) is 0 Å². The van der Waals surface area contributed by atoms with Gasteiger partial charge in [0.25, 0.3) is 0 Å². The lowest BCUT2D eigenvalue weighted by molar-refractivity contribution is 0.241. The molecule has 0 atom stereocenters. The highest BCUT2D eigenvalue weighted by atomic mass is 16.5. The third kappa shape index (κ3) is 1.63. The lowest BCUT2D eigenvalue weighted by Gasteiger charge is -2.21. The molecular weight excluding hydrogens is 114 g/mol. The first-order valence-electron chi connectivity index (χ1n) is 3.28. The lowest BCUT2D eigenvalue weighted by Crippen LogP contribution is -2.18. The molecule has 0 spiro atoms. The van der Waals surface area contributed by atoms with Gasteiger partial charge in [0, 0.05) is 26.2 Å². The van der Waals surface area contributed by atoms with Crippen LogP contribution >= 0.6 is 0 Å². The van der Waals surface area contributed by atoms with Crippen molar-refractivity contribution in [3.63, 3.8) is 0 Å². The van der Waals surface area contributed by atoms with Crippen LogP contribution in [-0.4, -0.2) is 25.6 Å². The van der Waals surface area contributed by atoms with Crippen molar-refractivity contribution >= 4 is 0 Å². The second kappa shape index (κ2) is 2.76. The molecule has 0 saturated carbocycles. The Hall–Kier alpha value is -0.660. The summed E-state index contributed by atoms with van der Waals surface area (Å²) >= 11 is 0. The highest BCUT2D eigenvalue weighted by Gasteiger charge is 2.05. The fourth-order valence-corrected chi connectivity index (χ4v) is 1.03. The maximum Gasteiger partial charge on any atom is 0.111 e. The Bertz CT molecular complexity index is 120. The summed E-state index contributed by atoms with van der Waals surface area (Å²) in [5.74, 6) is 1.10. The van der Waals surface area contributed by atoms with Crippen molar-refractivity contribution in [2.45, 2.75) is 12.8 Å². The first-order chi connectivity index (χ1) is 4.33. The molecule has 1 aliphatic heterocycles. The molecule has 1 heterocycles. The lowest BCUT2D eigenvalue weighted by atomic mass is 10.2. The fraction of sp³-hybridized carbons (Fsp3) is 0.714. The number of methoxy groups -OCH3 is 1. The smallest absolute Gasteiger partial charge is 0.111 e. The summed E-state index contributed by atoms with van der Waals surface area (Å²) in [6.07, 6.45) is 4.38. The van der Waals surface area contributed by atoms with Crippen LogP contribution in [0.3, 0.4) is 0 Å². The summed E-state index contributed by atoms with van der Waals surface area (Å²) in [6.45, 7) is 1.16. The van der Waals surface area contributed by atoms with Crippen molar-refractivity contribution in [2.75, 3.05) is 20.7 Å². The van der Waals surface area contributed by atoms with E-state index in [-0.39, 0.29) is 0 Å². The van der Waals surface area contributed by atoms with E-state index in [4.69, 9.17) is 4.74 Å². The highest BCUT2D eigenvalue weighted by Crippen LogP contribution is 2.12. The van der Waals surface area contributed by atoms with Gasteiger partial charge in [-0.1, -0.05) is 0 Å². The molecule has 2 heteroatoms. The van der Waals surface area contributed by atoms with Gasteiger partial charge < -0.3 is 9.64 Å². The Balaban J connectivity index is 2.49. The van der Waals surface area contributed by atoms with Crippen LogP contribution in [0.2, 0.25) is 0 Å². The minimum absolute atomic E-state index is 1.10. The summed E-state index contributed by atoms with van der Waals surface area (Å²) in [5, 5.41) is 0. The molecule has 0 unspecified atom stereocenters. The quantitative estimate of drug-likeness (QED) is 0.524. The molecular formula is C7H13NO. The zero-order valence-electron chi connectivity index (χ0n) is 6.05. The van der Waals surface area contributed by atoms with E-state index in [0.717, 1.165) is 18.7 Å². The molecule has 0 radical (unpaired) electrons. The van der Waals surface area contributed by atoms with Crippen LogP contribution in [0.15, 0.2) is 12.0 Å². The molecule has 9 heavy (non-hydrogen) atoms. The monoisotopic (exact) mass is 127 g/mol. The molecule has 0 amide bonds. The molecule has 0 fully saturated rings. The topological polar surface area (TPSA) is 12.5 Å². The molecule has 0 aromatic rings. The predicted octanol–water partition coefficient (Wildman–Crippen LogP) is 1.20. The van der Waals surface area contributed by atoms with E-state index in [1.54, 1.807) is 7.11 Å². The van der Waals surface area contributed by atoms with Crippen molar-refractivity contribution in [3.05, 3.63) is 12.0 Å². The molecule has 0 N–H and O–H groups in total. The first kappa shape index (κ1) is 6.46. The van der Waals surface area contributed by atoms with Crippen LogP contribution in [0.5, 0.6) is 0 Å². The number of nitrogens with zero attached hydrogens (tertiary/aromatic N) is 1. The summed E-state index contributed by atoms with van der Waals surface area (Å²) in [4.78, 5) is 2.16. The van der Waals surface area contributed by atoms with Gasteiger partial charge in [0.1, 0.15) is 5.76 Å². The van der Waals surface area contributed by atoms with E-state index in [9.17, 15) is 0 Å². The molecule has 52 valence electrons. The summed E-state index contributed by atoms with van der Waals surface area (Å²) in [6, 6.07) is 0. The standard InChI is InChI=1S/C7H13NO/c1-8-5-3-4-7(6-8)9-2/h6H,3-5H2,1-2H3. The van der Waals surface area contributed by atoms with Crippen LogP contribution in [0.4, 0.5) is 0 Å². The Morgan fingerprint density at radius 3 is 2.89 bits per heavy atom. The van der Waals surface area contributed by atoms with Gasteiger partial charge in [0.2, 0.25) is 0 Å². The van der Waals surface area contributed by atoms with Gasteiger partial charge in [-0.3, -0.25) is 0 Å². The van der Waals surface area contributed by atoms with E-state index < -0.39 is 0 Å². The number of allylic oxidation sites excluding steroid dienone is 1. The zero-order chi connectivity index (χ0) is 6.69. The molecule has 2 nitrogen and oxygen atoms in total. The molecule has 0 aliphatic carbocycles. The molecule has 1 rings (SSSR count). The Morgan fingerprint density at radius 1 is 1.67 bits per heavy atom. The average molecular weight is 127 g/mol. The number of rotatable bonds is 1. The second-order valence-corrected chi connectivity index (χ2v) is 2.38. The summed E-state index contributed by atoms with van der Waals surface area (Å²) in [7, 11) is 3.79. The van der Waals surface area contributed by atoms with Crippen molar-refractivity contribution in [2.24, 2.45) is 0 Å². The maximum absolute atomic E-state index is 5.08. The largest absolute Gasteiger partial charge is 0.500 e. The Morgan fingerprint density at radius 2 is 2.44 bits per heavy atom. The number of ether oxygens (including phenoxy) is 1. The van der Waals surface area contributed by atoms with Gasteiger partial charge in [0.15, 0.2) is 0 Å². The molecule has 0 saturated heterocycles. The molecule has 0 aromatic heterocycles. The van der Waals surface area contributed by atoms with E-state index >= 15 is 0 Å². The Labute approximate surface area is 56.1 Å². The number of hydrogen-bond donors (Lipinski definition) is 0. The van der Waals surface area contributed by atoms with E-state index in [1.165, 1.54) is 6.42 Å².